The molecule has 5 heteroatoms. The molecule has 1 aromatic heterocycles. The molecule has 5 nitrogen and oxygen atoms in total. The van der Waals surface area contributed by atoms with Gasteiger partial charge in [-0.15, -0.1) is 0 Å². The minimum absolute atomic E-state index is 0.107. The van der Waals surface area contributed by atoms with Crippen LogP contribution < -0.4 is 0 Å². The fourth-order valence-corrected chi connectivity index (χ4v) is 3.90. The number of hydrogen-bond acceptors (Lipinski definition) is 2. The van der Waals surface area contributed by atoms with Gasteiger partial charge in [0.2, 0.25) is 11.8 Å². The molecule has 0 N–H and O–H groups in total. The van der Waals surface area contributed by atoms with Crippen LogP contribution in [0.5, 0.6) is 0 Å². The van der Waals surface area contributed by atoms with Gasteiger partial charge in [0.1, 0.15) is 6.54 Å². The van der Waals surface area contributed by atoms with Gasteiger partial charge >= 0.3 is 0 Å². The maximum atomic E-state index is 13.1. The average molecular weight is 345 g/mol. The van der Waals surface area contributed by atoms with Crippen molar-refractivity contribution in [3.8, 4) is 0 Å². The molecule has 1 heterocycles. The lowest BCUT2D eigenvalue weighted by molar-refractivity contribution is -0.143. The Labute approximate surface area is 151 Å². The summed E-state index contributed by atoms with van der Waals surface area (Å²) in [5, 5.41) is 0. The number of nitrogens with zero attached hydrogens (tertiary/aromatic N) is 3. The maximum absolute atomic E-state index is 13.1. The first-order chi connectivity index (χ1) is 12.1. The van der Waals surface area contributed by atoms with E-state index in [4.69, 9.17) is 0 Å². The first-order valence-electron chi connectivity index (χ1n) is 9.79. The van der Waals surface area contributed by atoms with Crippen LogP contribution in [0.2, 0.25) is 0 Å². The summed E-state index contributed by atoms with van der Waals surface area (Å²) in [6, 6.07) is 4.69. The lowest BCUT2D eigenvalue weighted by atomic mass is 9.94. The first-order valence-corrected chi connectivity index (χ1v) is 9.79. The van der Waals surface area contributed by atoms with Crippen LogP contribution in [-0.2, 0) is 23.2 Å². The number of amides is 2. The molecule has 3 rings (SSSR count). The molecule has 0 atom stereocenters. The van der Waals surface area contributed by atoms with Gasteiger partial charge in [-0.1, -0.05) is 26.2 Å². The van der Waals surface area contributed by atoms with E-state index < -0.39 is 0 Å². The number of rotatable bonds is 7. The van der Waals surface area contributed by atoms with E-state index in [1.807, 2.05) is 36.0 Å². The van der Waals surface area contributed by atoms with Gasteiger partial charge in [0.15, 0.2) is 0 Å². The zero-order chi connectivity index (χ0) is 17.8. The van der Waals surface area contributed by atoms with Crippen LogP contribution >= 0.6 is 0 Å². The van der Waals surface area contributed by atoms with Crippen LogP contribution in [-0.4, -0.2) is 44.8 Å². The number of hydrogen-bond donors (Lipinski definition) is 0. The van der Waals surface area contributed by atoms with Crippen LogP contribution in [0.1, 0.15) is 64.0 Å². The normalized spacial score (nSPS) is 18.2. The van der Waals surface area contributed by atoms with Crippen LogP contribution in [0.15, 0.2) is 18.3 Å². The Kier molecular flexibility index (Phi) is 5.82. The van der Waals surface area contributed by atoms with Gasteiger partial charge in [0.05, 0.1) is 6.54 Å². The van der Waals surface area contributed by atoms with Gasteiger partial charge in [-0.2, -0.15) is 0 Å². The van der Waals surface area contributed by atoms with Crippen molar-refractivity contribution >= 4 is 11.8 Å². The topological polar surface area (TPSA) is 45.6 Å². The molecule has 138 valence electrons. The number of aromatic nitrogens is 1. The Morgan fingerprint density at radius 1 is 1.04 bits per heavy atom. The summed E-state index contributed by atoms with van der Waals surface area (Å²) >= 11 is 0. The van der Waals surface area contributed by atoms with Crippen LogP contribution in [0.25, 0.3) is 0 Å². The van der Waals surface area contributed by atoms with Gasteiger partial charge in [-0.05, 0) is 37.8 Å². The molecule has 0 unspecified atom stereocenters. The van der Waals surface area contributed by atoms with E-state index >= 15 is 0 Å². The Bertz CT molecular complexity index is 600. The molecule has 0 radical (unpaired) electrons. The molecule has 0 bridgehead atoms. The van der Waals surface area contributed by atoms with Crippen molar-refractivity contribution in [1.82, 2.24) is 14.4 Å². The zero-order valence-electron chi connectivity index (χ0n) is 15.6. The highest BCUT2D eigenvalue weighted by Gasteiger charge is 2.35. The monoisotopic (exact) mass is 345 g/mol. The minimum Gasteiger partial charge on any atom is -0.353 e. The van der Waals surface area contributed by atoms with E-state index in [2.05, 4.69) is 10.6 Å². The van der Waals surface area contributed by atoms with Crippen molar-refractivity contribution in [3.05, 3.63) is 24.0 Å². The van der Waals surface area contributed by atoms with E-state index in [1.54, 1.807) is 0 Å². The van der Waals surface area contributed by atoms with Crippen LogP contribution in [0.4, 0.5) is 0 Å². The fourth-order valence-electron chi connectivity index (χ4n) is 3.90. The Balaban J connectivity index is 1.69. The van der Waals surface area contributed by atoms with E-state index in [-0.39, 0.29) is 24.4 Å². The third-order valence-electron chi connectivity index (χ3n) is 5.64. The van der Waals surface area contributed by atoms with E-state index in [0.717, 1.165) is 31.4 Å². The molecule has 25 heavy (non-hydrogen) atoms. The Morgan fingerprint density at radius 2 is 1.72 bits per heavy atom. The summed E-state index contributed by atoms with van der Waals surface area (Å²) in [4.78, 5) is 29.4. The third-order valence-corrected chi connectivity index (χ3v) is 5.64. The molecule has 0 aliphatic heterocycles. The molecule has 2 amide bonds. The maximum Gasteiger partial charge on any atom is 0.242 e. The standard InChI is InChI=1S/C20H31N3O2/c1-3-19(24)23(16-8-5-4-6-9-16)15-20(25)22(17-11-12-17)14-18-10-7-13-21(18)2/h7,10,13,16-17H,3-6,8-9,11-12,14-15H2,1-2H3. The minimum atomic E-state index is 0.107. The molecule has 0 saturated heterocycles. The van der Waals surface area contributed by atoms with Crippen molar-refractivity contribution in [2.24, 2.45) is 7.05 Å². The Morgan fingerprint density at radius 3 is 2.28 bits per heavy atom. The van der Waals surface area contributed by atoms with Gasteiger partial charge in [0, 0.05) is 37.4 Å². The predicted octanol–water partition coefficient (Wildman–Crippen LogP) is 3.09. The Hall–Kier alpha value is -1.78. The van der Waals surface area contributed by atoms with Gasteiger partial charge in [-0.3, -0.25) is 9.59 Å². The smallest absolute Gasteiger partial charge is 0.242 e. The van der Waals surface area contributed by atoms with E-state index in [1.165, 1.54) is 19.3 Å². The fraction of sp³-hybridized carbons (Fsp3) is 0.700. The molecular formula is C20H31N3O2. The summed E-state index contributed by atoms with van der Waals surface area (Å²) < 4.78 is 2.07. The SMILES string of the molecule is CCC(=O)N(CC(=O)N(Cc1cccn1C)C1CC1)C1CCCCC1. The highest BCUT2D eigenvalue weighted by molar-refractivity contribution is 5.85. The zero-order valence-corrected chi connectivity index (χ0v) is 15.6. The second kappa shape index (κ2) is 8.07. The number of carbonyl (C=O) groups excluding carboxylic acids is 2. The molecule has 2 saturated carbocycles. The highest BCUT2D eigenvalue weighted by Crippen LogP contribution is 2.29. The van der Waals surface area contributed by atoms with E-state index in [9.17, 15) is 9.59 Å². The summed E-state index contributed by atoms with van der Waals surface area (Å²) in [6.45, 7) is 2.79. The summed E-state index contributed by atoms with van der Waals surface area (Å²) in [6.07, 6.45) is 10.3. The highest BCUT2D eigenvalue weighted by atomic mass is 16.2. The molecule has 1 aromatic rings. The molecule has 2 aliphatic carbocycles. The van der Waals surface area contributed by atoms with Crippen molar-refractivity contribution in [1.29, 1.82) is 0 Å². The van der Waals surface area contributed by atoms with Crippen molar-refractivity contribution in [2.75, 3.05) is 6.54 Å². The molecule has 2 aliphatic rings. The second-order valence-electron chi connectivity index (χ2n) is 7.53. The third kappa shape index (κ3) is 4.44. The molecule has 0 aromatic carbocycles. The predicted molar refractivity (Wildman–Crippen MR) is 97.9 cm³/mol. The average Bonchev–Trinajstić information content (AvgIpc) is 3.40. The number of aryl methyl sites for hydroxylation is 1. The van der Waals surface area contributed by atoms with Crippen molar-refractivity contribution in [2.45, 2.75) is 76.9 Å². The quantitative estimate of drug-likeness (QED) is 0.762. The molecular weight excluding hydrogens is 314 g/mol. The molecule has 2 fully saturated rings. The second-order valence-corrected chi connectivity index (χ2v) is 7.53. The van der Waals surface area contributed by atoms with Crippen molar-refractivity contribution in [3.63, 3.8) is 0 Å². The van der Waals surface area contributed by atoms with E-state index in [0.29, 0.717) is 19.0 Å². The van der Waals surface area contributed by atoms with Gasteiger partial charge in [0.25, 0.3) is 0 Å². The van der Waals surface area contributed by atoms with Gasteiger partial charge in [-0.25, -0.2) is 0 Å². The van der Waals surface area contributed by atoms with Crippen molar-refractivity contribution < 1.29 is 9.59 Å². The summed E-state index contributed by atoms with van der Waals surface area (Å²) in [5.41, 5.74) is 1.14. The lowest BCUT2D eigenvalue weighted by Crippen LogP contribution is -2.48. The summed E-state index contributed by atoms with van der Waals surface area (Å²) in [7, 11) is 2.01. The lowest BCUT2D eigenvalue weighted by Gasteiger charge is -2.35. The summed E-state index contributed by atoms with van der Waals surface area (Å²) in [5.74, 6) is 0.228. The van der Waals surface area contributed by atoms with Gasteiger partial charge < -0.3 is 14.4 Å². The number of carbonyl (C=O) groups is 2. The largest absolute Gasteiger partial charge is 0.353 e. The first kappa shape index (κ1) is 18.0. The van der Waals surface area contributed by atoms with Crippen LogP contribution in [0, 0.1) is 0 Å². The van der Waals surface area contributed by atoms with Crippen LogP contribution in [0.3, 0.4) is 0 Å². The molecule has 0 spiro atoms.